The predicted molar refractivity (Wildman–Crippen MR) is 79.0 cm³/mol. The minimum absolute atomic E-state index is 0.779. The van der Waals surface area contributed by atoms with Gasteiger partial charge in [0.05, 0.1) is 0 Å². The van der Waals surface area contributed by atoms with Gasteiger partial charge in [-0.3, -0.25) is 4.90 Å². The van der Waals surface area contributed by atoms with E-state index >= 15 is 0 Å². The molecule has 1 aliphatic heterocycles. The number of benzene rings is 1. The highest BCUT2D eigenvalue weighted by molar-refractivity contribution is 9.10. The average molecular weight is 312 g/mol. The zero-order valence-electron chi connectivity index (χ0n) is 11.2. The molecule has 0 saturated carbocycles. The molecule has 0 aromatic heterocycles. The average Bonchev–Trinajstić information content (AvgIpc) is 2.78. The van der Waals surface area contributed by atoms with Crippen molar-refractivity contribution in [2.75, 3.05) is 26.2 Å². The fourth-order valence-corrected chi connectivity index (χ4v) is 2.84. The summed E-state index contributed by atoms with van der Waals surface area (Å²) in [6.07, 6.45) is 1.34. The van der Waals surface area contributed by atoms with Crippen LogP contribution in [0.2, 0.25) is 0 Å². The molecule has 1 heterocycles. The number of ether oxygens (including phenoxy) is 1. The molecule has 2 nitrogen and oxygen atoms in total. The Balaban J connectivity index is 1.70. The van der Waals surface area contributed by atoms with E-state index in [0.717, 1.165) is 35.2 Å². The molecule has 1 aliphatic rings. The van der Waals surface area contributed by atoms with Crippen LogP contribution in [0.15, 0.2) is 28.7 Å². The van der Waals surface area contributed by atoms with E-state index in [1.165, 1.54) is 19.5 Å². The third-order valence-electron chi connectivity index (χ3n) is 3.72. The van der Waals surface area contributed by atoms with Crippen molar-refractivity contribution in [3.63, 3.8) is 0 Å². The van der Waals surface area contributed by atoms with Crippen LogP contribution in [-0.4, -0.2) is 31.1 Å². The van der Waals surface area contributed by atoms with Crippen molar-refractivity contribution in [2.45, 2.75) is 20.3 Å². The summed E-state index contributed by atoms with van der Waals surface area (Å²) in [6.45, 7) is 8.93. The van der Waals surface area contributed by atoms with Gasteiger partial charge in [0.25, 0.3) is 0 Å². The van der Waals surface area contributed by atoms with Crippen LogP contribution in [0.5, 0.6) is 5.75 Å². The van der Waals surface area contributed by atoms with Crippen molar-refractivity contribution in [1.82, 2.24) is 4.90 Å². The van der Waals surface area contributed by atoms with Crippen LogP contribution in [-0.2, 0) is 0 Å². The van der Waals surface area contributed by atoms with Crippen molar-refractivity contribution < 1.29 is 4.74 Å². The summed E-state index contributed by atoms with van der Waals surface area (Å²) in [5.41, 5.74) is 0. The third kappa shape index (κ3) is 3.99. The van der Waals surface area contributed by atoms with Gasteiger partial charge in [-0.05, 0) is 43.0 Å². The molecule has 2 rings (SSSR count). The lowest BCUT2D eigenvalue weighted by Crippen LogP contribution is -2.27. The Hall–Kier alpha value is -0.540. The fraction of sp³-hybridized carbons (Fsp3) is 0.600. The zero-order chi connectivity index (χ0) is 13.0. The minimum atomic E-state index is 0.779. The molecule has 1 atom stereocenters. The standard InChI is InChI=1S/C15H22BrNO/c1-12(2)13-6-7-17(11-13)8-9-18-15-5-3-4-14(16)10-15/h3-5,10,12-13H,6-9,11H2,1-2H3. The molecule has 1 aromatic rings. The molecule has 1 saturated heterocycles. The summed E-state index contributed by atoms with van der Waals surface area (Å²) in [7, 11) is 0. The molecule has 1 fully saturated rings. The number of nitrogens with zero attached hydrogens (tertiary/aromatic N) is 1. The molecule has 18 heavy (non-hydrogen) atoms. The van der Waals surface area contributed by atoms with E-state index in [0.29, 0.717) is 0 Å². The van der Waals surface area contributed by atoms with Gasteiger partial charge in [-0.2, -0.15) is 0 Å². The lowest BCUT2D eigenvalue weighted by Gasteiger charge is -2.18. The highest BCUT2D eigenvalue weighted by Crippen LogP contribution is 2.23. The van der Waals surface area contributed by atoms with Gasteiger partial charge in [-0.1, -0.05) is 35.8 Å². The third-order valence-corrected chi connectivity index (χ3v) is 4.22. The van der Waals surface area contributed by atoms with E-state index in [2.05, 4.69) is 34.7 Å². The first kappa shape index (κ1) is 13.9. The van der Waals surface area contributed by atoms with Gasteiger partial charge >= 0.3 is 0 Å². The smallest absolute Gasteiger partial charge is 0.120 e. The SMILES string of the molecule is CC(C)C1CCN(CCOc2cccc(Br)c2)C1. The summed E-state index contributed by atoms with van der Waals surface area (Å²) in [6, 6.07) is 8.04. The first-order valence-corrected chi connectivity index (χ1v) is 7.55. The normalized spacial score (nSPS) is 20.6. The molecule has 100 valence electrons. The van der Waals surface area contributed by atoms with Gasteiger partial charge in [-0.15, -0.1) is 0 Å². The molecule has 1 aromatic carbocycles. The molecule has 0 amide bonds. The number of halogens is 1. The number of likely N-dealkylation sites (tertiary alicyclic amines) is 1. The van der Waals surface area contributed by atoms with Gasteiger partial charge in [0, 0.05) is 17.6 Å². The number of hydrogen-bond donors (Lipinski definition) is 0. The summed E-state index contributed by atoms with van der Waals surface area (Å²) in [5.74, 6) is 2.63. The fourth-order valence-electron chi connectivity index (χ4n) is 2.46. The van der Waals surface area contributed by atoms with Crippen LogP contribution >= 0.6 is 15.9 Å². The molecule has 3 heteroatoms. The molecule has 0 aliphatic carbocycles. The minimum Gasteiger partial charge on any atom is -0.492 e. The van der Waals surface area contributed by atoms with Crippen LogP contribution < -0.4 is 4.74 Å². The second-order valence-corrected chi connectivity index (χ2v) is 6.31. The Labute approximate surface area is 118 Å². The maximum absolute atomic E-state index is 5.77. The summed E-state index contributed by atoms with van der Waals surface area (Å²) in [4.78, 5) is 2.52. The summed E-state index contributed by atoms with van der Waals surface area (Å²) >= 11 is 3.45. The highest BCUT2D eigenvalue weighted by atomic mass is 79.9. The second kappa shape index (κ2) is 6.58. The van der Waals surface area contributed by atoms with Crippen LogP contribution in [0, 0.1) is 11.8 Å². The van der Waals surface area contributed by atoms with Crippen molar-refractivity contribution in [2.24, 2.45) is 11.8 Å². The maximum atomic E-state index is 5.77. The molecular weight excluding hydrogens is 290 g/mol. The molecule has 0 radical (unpaired) electrons. The molecule has 0 bridgehead atoms. The number of rotatable bonds is 5. The van der Waals surface area contributed by atoms with Crippen molar-refractivity contribution >= 4 is 15.9 Å². The molecule has 1 unspecified atom stereocenters. The summed E-state index contributed by atoms with van der Waals surface area (Å²) in [5, 5.41) is 0. The highest BCUT2D eigenvalue weighted by Gasteiger charge is 2.24. The maximum Gasteiger partial charge on any atom is 0.120 e. The Kier molecular flexibility index (Phi) is 5.07. The Morgan fingerprint density at radius 1 is 1.44 bits per heavy atom. The largest absolute Gasteiger partial charge is 0.492 e. The Morgan fingerprint density at radius 3 is 2.94 bits per heavy atom. The van der Waals surface area contributed by atoms with Gasteiger partial charge in [0.1, 0.15) is 12.4 Å². The quantitative estimate of drug-likeness (QED) is 0.820. The van der Waals surface area contributed by atoms with Crippen molar-refractivity contribution in [3.05, 3.63) is 28.7 Å². The lowest BCUT2D eigenvalue weighted by molar-refractivity contribution is 0.227. The van der Waals surface area contributed by atoms with Gasteiger partial charge in [0.2, 0.25) is 0 Å². The van der Waals surface area contributed by atoms with Crippen molar-refractivity contribution in [3.8, 4) is 5.75 Å². The van der Waals surface area contributed by atoms with E-state index in [9.17, 15) is 0 Å². The predicted octanol–water partition coefficient (Wildman–Crippen LogP) is 3.81. The first-order valence-electron chi connectivity index (χ1n) is 6.76. The van der Waals surface area contributed by atoms with Crippen LogP contribution in [0.25, 0.3) is 0 Å². The van der Waals surface area contributed by atoms with Gasteiger partial charge in [0.15, 0.2) is 0 Å². The lowest BCUT2D eigenvalue weighted by atomic mass is 9.95. The Bertz CT molecular complexity index is 381. The first-order chi connectivity index (χ1) is 8.65. The van der Waals surface area contributed by atoms with Crippen LogP contribution in [0.4, 0.5) is 0 Å². The van der Waals surface area contributed by atoms with E-state index in [4.69, 9.17) is 4.74 Å². The second-order valence-electron chi connectivity index (χ2n) is 5.40. The van der Waals surface area contributed by atoms with Gasteiger partial charge in [-0.25, -0.2) is 0 Å². The van der Waals surface area contributed by atoms with E-state index < -0.39 is 0 Å². The van der Waals surface area contributed by atoms with E-state index in [1.54, 1.807) is 0 Å². The van der Waals surface area contributed by atoms with Crippen molar-refractivity contribution in [1.29, 1.82) is 0 Å². The van der Waals surface area contributed by atoms with E-state index in [-0.39, 0.29) is 0 Å². The number of hydrogen-bond acceptors (Lipinski definition) is 2. The van der Waals surface area contributed by atoms with Crippen LogP contribution in [0.3, 0.4) is 0 Å². The molecule has 0 N–H and O–H groups in total. The van der Waals surface area contributed by atoms with Gasteiger partial charge < -0.3 is 4.74 Å². The summed E-state index contributed by atoms with van der Waals surface area (Å²) < 4.78 is 6.84. The topological polar surface area (TPSA) is 12.5 Å². The van der Waals surface area contributed by atoms with E-state index in [1.807, 2.05) is 24.3 Å². The molecular formula is C15H22BrNO. The Morgan fingerprint density at radius 2 is 2.28 bits per heavy atom. The monoisotopic (exact) mass is 311 g/mol. The van der Waals surface area contributed by atoms with Crippen LogP contribution in [0.1, 0.15) is 20.3 Å². The zero-order valence-corrected chi connectivity index (χ0v) is 12.8. The molecule has 0 spiro atoms.